The zero-order valence-corrected chi connectivity index (χ0v) is 11.9. The molecule has 0 saturated heterocycles. The molecule has 0 bridgehead atoms. The van der Waals surface area contributed by atoms with Gasteiger partial charge in [-0.2, -0.15) is 0 Å². The fraction of sp³-hybridized carbons (Fsp3) is 0.600. The molecular formula is C10H15BrClNOS. The minimum atomic E-state index is 0.663. The van der Waals surface area contributed by atoms with Crippen LogP contribution in [0.5, 0.6) is 0 Å². The van der Waals surface area contributed by atoms with Crippen molar-refractivity contribution in [2.45, 2.75) is 6.54 Å². The maximum Gasteiger partial charge on any atom is 0.0589 e. The van der Waals surface area contributed by atoms with E-state index < -0.39 is 0 Å². The predicted molar refractivity (Wildman–Crippen MR) is 69.9 cm³/mol. The van der Waals surface area contributed by atoms with E-state index in [1.54, 1.807) is 18.4 Å². The lowest BCUT2D eigenvalue weighted by Crippen LogP contribution is -2.28. The average Bonchev–Trinajstić information content (AvgIpc) is 2.61. The van der Waals surface area contributed by atoms with Gasteiger partial charge in [-0.05, 0) is 22.0 Å². The molecule has 0 aromatic carbocycles. The molecule has 86 valence electrons. The van der Waals surface area contributed by atoms with Crippen LogP contribution in [0.2, 0.25) is 0 Å². The summed E-state index contributed by atoms with van der Waals surface area (Å²) in [5.41, 5.74) is 0. The number of alkyl halides is 1. The van der Waals surface area contributed by atoms with Gasteiger partial charge < -0.3 is 4.74 Å². The normalized spacial score (nSPS) is 11.2. The van der Waals surface area contributed by atoms with Gasteiger partial charge in [-0.1, -0.05) is 0 Å². The highest BCUT2D eigenvalue weighted by Gasteiger charge is 2.06. The molecular weight excluding hydrogens is 298 g/mol. The molecule has 0 radical (unpaired) electrons. The summed E-state index contributed by atoms with van der Waals surface area (Å²) in [6.07, 6.45) is 0. The molecule has 0 aliphatic rings. The lowest BCUT2D eigenvalue weighted by molar-refractivity contribution is 0.148. The Morgan fingerprint density at radius 1 is 1.53 bits per heavy atom. The van der Waals surface area contributed by atoms with Crippen LogP contribution in [0.1, 0.15) is 4.88 Å². The monoisotopic (exact) mass is 311 g/mol. The minimum Gasteiger partial charge on any atom is -0.383 e. The Morgan fingerprint density at radius 3 is 2.87 bits per heavy atom. The van der Waals surface area contributed by atoms with Crippen molar-refractivity contribution >= 4 is 38.9 Å². The highest BCUT2D eigenvalue weighted by atomic mass is 79.9. The molecule has 0 unspecified atom stereocenters. The molecule has 1 aromatic heterocycles. The zero-order valence-electron chi connectivity index (χ0n) is 8.71. The van der Waals surface area contributed by atoms with E-state index in [1.165, 1.54) is 4.88 Å². The summed E-state index contributed by atoms with van der Waals surface area (Å²) in [7, 11) is 1.72. The molecule has 0 aliphatic heterocycles. The van der Waals surface area contributed by atoms with E-state index in [2.05, 4.69) is 32.3 Å². The molecule has 0 aliphatic carbocycles. The molecule has 1 heterocycles. The van der Waals surface area contributed by atoms with E-state index >= 15 is 0 Å². The predicted octanol–water partition coefficient (Wildman–Crippen LogP) is 3.20. The van der Waals surface area contributed by atoms with Crippen LogP contribution >= 0.6 is 38.9 Å². The number of hydrogen-bond donors (Lipinski definition) is 0. The van der Waals surface area contributed by atoms with Crippen molar-refractivity contribution in [3.05, 3.63) is 20.8 Å². The van der Waals surface area contributed by atoms with E-state index in [0.717, 1.165) is 30.7 Å². The first-order valence-corrected chi connectivity index (χ1v) is 6.97. The summed E-state index contributed by atoms with van der Waals surface area (Å²) in [4.78, 5) is 3.65. The molecule has 0 N–H and O–H groups in total. The van der Waals surface area contributed by atoms with Gasteiger partial charge in [-0.15, -0.1) is 22.9 Å². The van der Waals surface area contributed by atoms with Crippen LogP contribution in [0, 0.1) is 0 Å². The molecule has 0 saturated carbocycles. The summed E-state index contributed by atoms with van der Waals surface area (Å²) < 4.78 is 6.22. The Hall–Kier alpha value is 0.390. The van der Waals surface area contributed by atoms with Crippen molar-refractivity contribution in [3.63, 3.8) is 0 Å². The highest BCUT2D eigenvalue weighted by Crippen LogP contribution is 2.21. The van der Waals surface area contributed by atoms with Crippen LogP contribution in [0.15, 0.2) is 15.9 Å². The number of ether oxygens (including phenoxy) is 1. The van der Waals surface area contributed by atoms with E-state index in [-0.39, 0.29) is 0 Å². The quantitative estimate of drug-likeness (QED) is 0.717. The van der Waals surface area contributed by atoms with Gasteiger partial charge in [-0.3, -0.25) is 4.90 Å². The first-order valence-electron chi connectivity index (χ1n) is 4.76. The second kappa shape index (κ2) is 7.63. The Kier molecular flexibility index (Phi) is 6.84. The van der Waals surface area contributed by atoms with E-state index in [1.807, 2.05) is 0 Å². The van der Waals surface area contributed by atoms with Gasteiger partial charge in [0.15, 0.2) is 0 Å². The Bertz CT molecular complexity index is 282. The topological polar surface area (TPSA) is 12.5 Å². The molecule has 0 fully saturated rings. The number of halogens is 2. The van der Waals surface area contributed by atoms with Gasteiger partial charge >= 0.3 is 0 Å². The van der Waals surface area contributed by atoms with Gasteiger partial charge in [0.2, 0.25) is 0 Å². The first kappa shape index (κ1) is 13.5. The van der Waals surface area contributed by atoms with Gasteiger partial charge in [0, 0.05) is 47.4 Å². The third kappa shape index (κ3) is 5.31. The maximum absolute atomic E-state index is 5.76. The van der Waals surface area contributed by atoms with Crippen molar-refractivity contribution in [3.8, 4) is 0 Å². The largest absolute Gasteiger partial charge is 0.383 e. The van der Waals surface area contributed by atoms with Crippen LogP contribution in [-0.4, -0.2) is 37.6 Å². The molecule has 5 heteroatoms. The number of hydrogen-bond acceptors (Lipinski definition) is 3. The molecule has 1 rings (SSSR count). The number of rotatable bonds is 7. The van der Waals surface area contributed by atoms with Crippen LogP contribution in [0.25, 0.3) is 0 Å². The molecule has 2 nitrogen and oxygen atoms in total. The van der Waals surface area contributed by atoms with Crippen molar-refractivity contribution in [2.75, 3.05) is 32.7 Å². The standard InChI is InChI=1S/C10H15BrClNOS/c1-14-5-4-13(3-2-12)7-10-6-9(11)8-15-10/h6,8H,2-5,7H2,1H3. The van der Waals surface area contributed by atoms with Crippen molar-refractivity contribution < 1.29 is 4.74 Å². The average molecular weight is 313 g/mol. The number of nitrogens with zero attached hydrogens (tertiary/aromatic N) is 1. The van der Waals surface area contributed by atoms with Gasteiger partial charge in [0.25, 0.3) is 0 Å². The van der Waals surface area contributed by atoms with Gasteiger partial charge in [-0.25, -0.2) is 0 Å². The zero-order chi connectivity index (χ0) is 11.1. The molecule has 15 heavy (non-hydrogen) atoms. The lowest BCUT2D eigenvalue weighted by atomic mass is 10.4. The fourth-order valence-corrected chi connectivity index (χ4v) is 3.00. The van der Waals surface area contributed by atoms with Crippen molar-refractivity contribution in [1.29, 1.82) is 0 Å². The fourth-order valence-electron chi connectivity index (χ4n) is 1.27. The van der Waals surface area contributed by atoms with Crippen LogP contribution in [-0.2, 0) is 11.3 Å². The van der Waals surface area contributed by atoms with Crippen molar-refractivity contribution in [1.82, 2.24) is 4.90 Å². The third-order valence-corrected chi connectivity index (χ3v) is 3.86. The Labute approximate surface area is 108 Å². The lowest BCUT2D eigenvalue weighted by Gasteiger charge is -2.19. The molecule has 0 amide bonds. The summed E-state index contributed by atoms with van der Waals surface area (Å²) in [6, 6.07) is 2.15. The molecule has 1 aromatic rings. The number of methoxy groups -OCH3 is 1. The number of thiophene rings is 1. The first-order chi connectivity index (χ1) is 7.26. The van der Waals surface area contributed by atoms with Crippen LogP contribution in [0.4, 0.5) is 0 Å². The van der Waals surface area contributed by atoms with E-state index in [9.17, 15) is 0 Å². The third-order valence-electron chi connectivity index (χ3n) is 2.01. The van der Waals surface area contributed by atoms with Gasteiger partial charge in [0.05, 0.1) is 6.61 Å². The van der Waals surface area contributed by atoms with Gasteiger partial charge in [0.1, 0.15) is 0 Å². The summed E-state index contributed by atoms with van der Waals surface area (Å²) in [6.45, 7) is 3.54. The summed E-state index contributed by atoms with van der Waals surface area (Å²) in [5.74, 6) is 0.663. The van der Waals surface area contributed by atoms with Crippen molar-refractivity contribution in [2.24, 2.45) is 0 Å². The summed E-state index contributed by atoms with van der Waals surface area (Å²) in [5, 5.41) is 2.10. The minimum absolute atomic E-state index is 0.663. The maximum atomic E-state index is 5.76. The highest BCUT2D eigenvalue weighted by molar-refractivity contribution is 9.10. The summed E-state index contributed by atoms with van der Waals surface area (Å²) >= 11 is 11.0. The van der Waals surface area contributed by atoms with Crippen LogP contribution < -0.4 is 0 Å². The second-order valence-corrected chi connectivity index (χ2v) is 5.48. The SMILES string of the molecule is COCCN(CCCl)Cc1cc(Br)cs1. The van der Waals surface area contributed by atoms with E-state index in [0.29, 0.717) is 5.88 Å². The second-order valence-electron chi connectivity index (χ2n) is 3.19. The van der Waals surface area contributed by atoms with E-state index in [4.69, 9.17) is 16.3 Å². The molecule has 0 atom stereocenters. The molecule has 0 spiro atoms. The Balaban J connectivity index is 2.42. The Morgan fingerprint density at radius 2 is 2.33 bits per heavy atom. The smallest absolute Gasteiger partial charge is 0.0589 e. The van der Waals surface area contributed by atoms with Crippen LogP contribution in [0.3, 0.4) is 0 Å².